The number of aromatic amines is 1. The van der Waals surface area contributed by atoms with Gasteiger partial charge in [-0.3, -0.25) is 9.89 Å². The van der Waals surface area contributed by atoms with Gasteiger partial charge in [-0.15, -0.1) is 0 Å². The van der Waals surface area contributed by atoms with Crippen LogP contribution in [-0.2, 0) is 4.79 Å². The van der Waals surface area contributed by atoms with Crippen molar-refractivity contribution in [3.05, 3.63) is 11.3 Å². The molecule has 2 heterocycles. The third-order valence-electron chi connectivity index (χ3n) is 3.07. The molecule has 0 saturated carbocycles. The topological polar surface area (TPSA) is 107 Å². The van der Waals surface area contributed by atoms with E-state index < -0.39 is 5.97 Å². The van der Waals surface area contributed by atoms with Crippen LogP contribution in [0.1, 0.15) is 28.9 Å². The molecule has 1 aliphatic heterocycles. The zero-order valence-corrected chi connectivity index (χ0v) is 10.1. The van der Waals surface area contributed by atoms with E-state index in [-0.39, 0.29) is 23.2 Å². The van der Waals surface area contributed by atoms with Crippen LogP contribution in [0.15, 0.2) is 0 Å². The molecule has 0 radical (unpaired) electrons. The maximum absolute atomic E-state index is 12.0. The Kier molecular flexibility index (Phi) is 3.61. The zero-order valence-electron chi connectivity index (χ0n) is 10.1. The summed E-state index contributed by atoms with van der Waals surface area (Å²) in [5, 5.41) is 21.1. The molecule has 7 heteroatoms. The summed E-state index contributed by atoms with van der Waals surface area (Å²) >= 11 is 0. The van der Waals surface area contributed by atoms with Gasteiger partial charge < -0.3 is 15.7 Å². The van der Waals surface area contributed by atoms with Crippen LogP contribution in [0.25, 0.3) is 0 Å². The highest BCUT2D eigenvalue weighted by Gasteiger charge is 2.24. The predicted octanol–water partition coefficient (Wildman–Crippen LogP) is 0.354. The monoisotopic (exact) mass is 252 g/mol. The highest BCUT2D eigenvalue weighted by Crippen LogP contribution is 2.18. The van der Waals surface area contributed by atoms with Crippen LogP contribution in [0, 0.1) is 12.8 Å². The summed E-state index contributed by atoms with van der Waals surface area (Å²) in [6, 6.07) is 0. The molecule has 1 aromatic heterocycles. The van der Waals surface area contributed by atoms with Crippen LogP contribution in [0.3, 0.4) is 0 Å². The lowest BCUT2D eigenvalue weighted by Gasteiger charge is -2.21. The first-order chi connectivity index (χ1) is 8.59. The molecule has 1 unspecified atom stereocenters. The van der Waals surface area contributed by atoms with Crippen LogP contribution in [0.4, 0.5) is 5.82 Å². The predicted molar refractivity (Wildman–Crippen MR) is 64.5 cm³/mol. The Balaban J connectivity index is 2.09. The van der Waals surface area contributed by atoms with Crippen molar-refractivity contribution < 1.29 is 14.7 Å². The average Bonchev–Trinajstić information content (AvgIpc) is 2.71. The van der Waals surface area contributed by atoms with Crippen molar-refractivity contribution in [3.63, 3.8) is 0 Å². The van der Waals surface area contributed by atoms with Gasteiger partial charge in [0.15, 0.2) is 5.82 Å². The minimum Gasteiger partial charge on any atom is -0.477 e. The third kappa shape index (κ3) is 2.51. The summed E-state index contributed by atoms with van der Waals surface area (Å²) in [7, 11) is 0. The first-order valence-electron chi connectivity index (χ1n) is 5.89. The minimum absolute atomic E-state index is 0.0205. The molecular weight excluding hydrogens is 236 g/mol. The number of hydrogen-bond donors (Lipinski definition) is 4. The summed E-state index contributed by atoms with van der Waals surface area (Å²) in [6.07, 6.45) is 1.76. The van der Waals surface area contributed by atoms with Crippen LogP contribution in [0.5, 0.6) is 0 Å². The summed E-state index contributed by atoms with van der Waals surface area (Å²) in [5.41, 5.74) is 0.451. The molecule has 1 saturated heterocycles. The van der Waals surface area contributed by atoms with Crippen molar-refractivity contribution >= 4 is 17.7 Å². The van der Waals surface area contributed by atoms with Crippen molar-refractivity contribution in [3.8, 4) is 0 Å². The van der Waals surface area contributed by atoms with E-state index in [1.54, 1.807) is 6.92 Å². The smallest absolute Gasteiger partial charge is 0.341 e. The number of carboxylic acids is 1. The van der Waals surface area contributed by atoms with Gasteiger partial charge in [-0.25, -0.2) is 4.79 Å². The Bertz CT molecular complexity index is 463. The Morgan fingerprint density at radius 2 is 2.28 bits per heavy atom. The Hall–Kier alpha value is -1.89. The zero-order chi connectivity index (χ0) is 13.1. The third-order valence-corrected chi connectivity index (χ3v) is 3.07. The number of carbonyl (C=O) groups excluding carboxylic acids is 1. The number of aromatic carboxylic acids is 1. The SMILES string of the molecule is Cc1[nH]nc(NC(=O)C2CCCNC2)c1C(=O)O. The lowest BCUT2D eigenvalue weighted by molar-refractivity contribution is -0.120. The normalized spacial score (nSPS) is 19.5. The van der Waals surface area contributed by atoms with Gasteiger partial charge in [0.05, 0.1) is 5.92 Å². The van der Waals surface area contributed by atoms with E-state index in [9.17, 15) is 9.59 Å². The second kappa shape index (κ2) is 5.18. The van der Waals surface area contributed by atoms with Gasteiger partial charge in [-0.05, 0) is 26.3 Å². The van der Waals surface area contributed by atoms with Gasteiger partial charge >= 0.3 is 5.97 Å². The van der Waals surface area contributed by atoms with E-state index >= 15 is 0 Å². The number of carboxylic acid groups (broad SMARTS) is 1. The van der Waals surface area contributed by atoms with Crippen LogP contribution in [-0.4, -0.2) is 40.3 Å². The highest BCUT2D eigenvalue weighted by atomic mass is 16.4. The second-order valence-electron chi connectivity index (χ2n) is 4.41. The number of anilines is 1. The Morgan fingerprint density at radius 1 is 1.50 bits per heavy atom. The van der Waals surface area contributed by atoms with Gasteiger partial charge in [0.25, 0.3) is 0 Å². The van der Waals surface area contributed by atoms with Crippen molar-refractivity contribution in [1.29, 1.82) is 0 Å². The lowest BCUT2D eigenvalue weighted by Crippen LogP contribution is -2.37. The molecule has 2 rings (SSSR count). The number of amides is 1. The van der Waals surface area contributed by atoms with E-state index in [1.165, 1.54) is 0 Å². The lowest BCUT2D eigenvalue weighted by atomic mass is 9.99. The maximum atomic E-state index is 12.0. The van der Waals surface area contributed by atoms with E-state index in [1.807, 2.05) is 0 Å². The number of rotatable bonds is 3. The number of H-pyrrole nitrogens is 1. The highest BCUT2D eigenvalue weighted by molar-refractivity contribution is 6.00. The van der Waals surface area contributed by atoms with E-state index in [4.69, 9.17) is 5.11 Å². The molecule has 1 atom stereocenters. The van der Waals surface area contributed by atoms with Gasteiger partial charge in [0.1, 0.15) is 5.56 Å². The van der Waals surface area contributed by atoms with E-state index in [2.05, 4.69) is 20.8 Å². The maximum Gasteiger partial charge on any atom is 0.341 e. The quantitative estimate of drug-likeness (QED) is 0.621. The molecule has 7 nitrogen and oxygen atoms in total. The molecule has 0 bridgehead atoms. The molecule has 1 aliphatic rings. The number of carbonyl (C=O) groups is 2. The number of nitrogens with one attached hydrogen (secondary N) is 3. The number of aryl methyl sites for hydroxylation is 1. The van der Waals surface area contributed by atoms with Crippen LogP contribution < -0.4 is 10.6 Å². The number of nitrogens with zero attached hydrogens (tertiary/aromatic N) is 1. The van der Waals surface area contributed by atoms with E-state index in [0.29, 0.717) is 12.2 Å². The molecule has 1 aromatic rings. The summed E-state index contributed by atoms with van der Waals surface area (Å²) in [4.78, 5) is 23.0. The van der Waals surface area contributed by atoms with Crippen molar-refractivity contribution in [2.45, 2.75) is 19.8 Å². The number of piperidine rings is 1. The first-order valence-corrected chi connectivity index (χ1v) is 5.89. The number of aromatic nitrogens is 2. The molecular formula is C11H16N4O3. The fourth-order valence-corrected chi connectivity index (χ4v) is 2.08. The van der Waals surface area contributed by atoms with Gasteiger partial charge in [0, 0.05) is 12.2 Å². The largest absolute Gasteiger partial charge is 0.477 e. The van der Waals surface area contributed by atoms with Crippen molar-refractivity contribution in [2.24, 2.45) is 5.92 Å². The average molecular weight is 252 g/mol. The van der Waals surface area contributed by atoms with Crippen molar-refractivity contribution in [2.75, 3.05) is 18.4 Å². The van der Waals surface area contributed by atoms with Crippen LogP contribution in [0.2, 0.25) is 0 Å². The molecule has 0 aliphatic carbocycles. The first kappa shape index (κ1) is 12.6. The summed E-state index contributed by atoms with van der Waals surface area (Å²) in [6.45, 7) is 3.15. The summed E-state index contributed by atoms with van der Waals surface area (Å²) in [5.74, 6) is -1.32. The minimum atomic E-state index is -1.10. The fourth-order valence-electron chi connectivity index (χ4n) is 2.08. The molecule has 18 heavy (non-hydrogen) atoms. The fraction of sp³-hybridized carbons (Fsp3) is 0.545. The Morgan fingerprint density at radius 3 is 2.89 bits per heavy atom. The molecule has 1 amide bonds. The Labute approximate surface area is 104 Å². The molecule has 0 spiro atoms. The van der Waals surface area contributed by atoms with Crippen molar-refractivity contribution in [1.82, 2.24) is 15.5 Å². The molecule has 0 aromatic carbocycles. The standard InChI is InChI=1S/C11H16N4O3/c1-6-8(11(17)18)9(15-14-6)13-10(16)7-3-2-4-12-5-7/h7,12H,2-5H2,1H3,(H,17,18)(H2,13,14,15,16). The molecule has 4 N–H and O–H groups in total. The van der Waals surface area contributed by atoms with Crippen LogP contribution >= 0.6 is 0 Å². The second-order valence-corrected chi connectivity index (χ2v) is 4.41. The molecule has 98 valence electrons. The molecule has 1 fully saturated rings. The van der Waals surface area contributed by atoms with Gasteiger partial charge in [0.2, 0.25) is 5.91 Å². The van der Waals surface area contributed by atoms with Gasteiger partial charge in [-0.1, -0.05) is 0 Å². The van der Waals surface area contributed by atoms with E-state index in [0.717, 1.165) is 19.4 Å². The number of hydrogen-bond acceptors (Lipinski definition) is 4. The van der Waals surface area contributed by atoms with Gasteiger partial charge in [-0.2, -0.15) is 5.10 Å². The summed E-state index contributed by atoms with van der Waals surface area (Å²) < 4.78 is 0.